The predicted octanol–water partition coefficient (Wildman–Crippen LogP) is 9.91. The van der Waals surface area contributed by atoms with E-state index in [2.05, 4.69) is 128 Å². The summed E-state index contributed by atoms with van der Waals surface area (Å²) >= 11 is 1.78. The molecule has 0 saturated heterocycles. The van der Waals surface area contributed by atoms with Crippen molar-refractivity contribution in [2.24, 2.45) is 0 Å². The fourth-order valence-electron chi connectivity index (χ4n) is 6.84. The summed E-state index contributed by atoms with van der Waals surface area (Å²) in [5.41, 5.74) is 9.71. The van der Waals surface area contributed by atoms with Crippen molar-refractivity contribution in [1.82, 2.24) is 14.5 Å². The minimum Gasteiger partial charge on any atom is -0.292 e. The van der Waals surface area contributed by atoms with E-state index in [0.29, 0.717) is 0 Å². The second-order valence-corrected chi connectivity index (χ2v) is 12.5. The summed E-state index contributed by atoms with van der Waals surface area (Å²) in [6.07, 6.45) is 0. The fourth-order valence-corrected chi connectivity index (χ4v) is 7.96. The summed E-state index contributed by atoms with van der Waals surface area (Å²) in [6, 6.07) is 41.3. The van der Waals surface area contributed by atoms with Crippen molar-refractivity contribution in [3.63, 3.8) is 0 Å². The van der Waals surface area contributed by atoms with Gasteiger partial charge in [-0.1, -0.05) is 105 Å². The molecule has 0 bridgehead atoms. The van der Waals surface area contributed by atoms with Crippen LogP contribution in [0.25, 0.3) is 70.4 Å². The number of rotatable bonds is 2. The van der Waals surface area contributed by atoms with Gasteiger partial charge >= 0.3 is 0 Å². The molecule has 3 heterocycles. The Bertz CT molecular complexity index is 2340. The van der Waals surface area contributed by atoms with E-state index in [4.69, 9.17) is 9.97 Å². The molecule has 0 amide bonds. The molecule has 5 aromatic carbocycles. The van der Waals surface area contributed by atoms with Crippen LogP contribution in [0.15, 0.2) is 115 Å². The van der Waals surface area contributed by atoms with Crippen molar-refractivity contribution in [3.05, 3.63) is 126 Å². The van der Waals surface area contributed by atoms with E-state index >= 15 is 0 Å². The van der Waals surface area contributed by atoms with E-state index in [1.54, 1.807) is 11.3 Å². The first-order valence-electron chi connectivity index (χ1n) is 14.0. The summed E-state index contributed by atoms with van der Waals surface area (Å²) in [5, 5.41) is 3.67. The number of fused-ring (bicyclic) bond motifs is 9. The topological polar surface area (TPSA) is 30.7 Å². The molecule has 4 heteroatoms. The first kappa shape index (κ1) is 23.0. The van der Waals surface area contributed by atoms with E-state index in [9.17, 15) is 0 Å². The van der Waals surface area contributed by atoms with Crippen molar-refractivity contribution >= 4 is 53.4 Å². The van der Waals surface area contributed by atoms with Gasteiger partial charge in [-0.2, -0.15) is 0 Å². The molecule has 0 N–H and O–H groups in total. The molecule has 0 unspecified atom stereocenters. The third-order valence-corrected chi connectivity index (χ3v) is 9.98. The highest BCUT2D eigenvalue weighted by molar-refractivity contribution is 7.26. The van der Waals surface area contributed by atoms with Crippen molar-refractivity contribution in [2.45, 2.75) is 19.3 Å². The minimum atomic E-state index is -0.0581. The average Bonchev–Trinajstić information content (AvgIpc) is 3.62. The predicted molar refractivity (Wildman–Crippen MR) is 172 cm³/mol. The smallest absolute Gasteiger partial charge is 0.162 e. The molecule has 0 fully saturated rings. The molecular formula is C37H25N3S. The van der Waals surface area contributed by atoms with E-state index in [0.717, 1.165) is 32.9 Å². The van der Waals surface area contributed by atoms with Gasteiger partial charge in [0, 0.05) is 31.8 Å². The highest BCUT2D eigenvalue weighted by Crippen LogP contribution is 2.51. The average molecular weight is 544 g/mol. The van der Waals surface area contributed by atoms with Crippen molar-refractivity contribution in [1.29, 1.82) is 0 Å². The first-order chi connectivity index (χ1) is 20.1. The van der Waals surface area contributed by atoms with Gasteiger partial charge in [-0.15, -0.1) is 11.3 Å². The van der Waals surface area contributed by atoms with Crippen molar-refractivity contribution in [2.75, 3.05) is 0 Å². The van der Waals surface area contributed by atoms with Gasteiger partial charge in [-0.3, -0.25) is 4.57 Å². The molecule has 0 radical (unpaired) electrons. The zero-order valence-electron chi connectivity index (χ0n) is 22.7. The van der Waals surface area contributed by atoms with Crippen LogP contribution in [0.5, 0.6) is 0 Å². The van der Waals surface area contributed by atoms with E-state index in [1.807, 2.05) is 6.07 Å². The Balaban J connectivity index is 1.45. The zero-order chi connectivity index (χ0) is 27.3. The Hall–Kier alpha value is -4.80. The van der Waals surface area contributed by atoms with Crippen LogP contribution in [0.4, 0.5) is 0 Å². The van der Waals surface area contributed by atoms with Crippen LogP contribution in [0, 0.1) is 0 Å². The summed E-state index contributed by atoms with van der Waals surface area (Å²) in [4.78, 5) is 10.5. The molecule has 1 aliphatic carbocycles. The maximum Gasteiger partial charge on any atom is 0.162 e. The number of para-hydroxylation sites is 1. The maximum absolute atomic E-state index is 5.34. The van der Waals surface area contributed by atoms with Crippen LogP contribution < -0.4 is 0 Å². The van der Waals surface area contributed by atoms with Gasteiger partial charge in [0.05, 0.1) is 21.3 Å². The van der Waals surface area contributed by atoms with Crippen molar-refractivity contribution in [3.8, 4) is 28.3 Å². The van der Waals surface area contributed by atoms with Crippen LogP contribution >= 0.6 is 11.3 Å². The second-order valence-electron chi connectivity index (χ2n) is 11.5. The third-order valence-electron chi connectivity index (χ3n) is 8.82. The van der Waals surface area contributed by atoms with E-state index in [-0.39, 0.29) is 5.41 Å². The maximum atomic E-state index is 5.34. The molecule has 1 aliphatic rings. The molecule has 3 nitrogen and oxygen atoms in total. The molecule has 0 spiro atoms. The van der Waals surface area contributed by atoms with Gasteiger partial charge in [-0.05, 0) is 46.5 Å². The molecule has 194 valence electrons. The lowest BCUT2D eigenvalue weighted by molar-refractivity contribution is 0.661. The highest BCUT2D eigenvalue weighted by atomic mass is 32.1. The molecule has 0 saturated carbocycles. The largest absolute Gasteiger partial charge is 0.292 e. The van der Waals surface area contributed by atoms with Gasteiger partial charge < -0.3 is 0 Å². The molecule has 0 atom stereocenters. The lowest BCUT2D eigenvalue weighted by Crippen LogP contribution is -2.14. The fraction of sp³-hybridized carbons (Fsp3) is 0.0811. The Morgan fingerprint density at radius 3 is 2.22 bits per heavy atom. The lowest BCUT2D eigenvalue weighted by Gasteiger charge is -2.21. The van der Waals surface area contributed by atoms with E-state index < -0.39 is 0 Å². The molecule has 9 rings (SSSR count). The molecule has 3 aromatic heterocycles. The van der Waals surface area contributed by atoms with Crippen LogP contribution in [-0.4, -0.2) is 14.5 Å². The number of hydrogen-bond donors (Lipinski definition) is 0. The normalized spacial score (nSPS) is 13.8. The zero-order valence-corrected chi connectivity index (χ0v) is 23.5. The van der Waals surface area contributed by atoms with Gasteiger partial charge in [-0.25, -0.2) is 9.97 Å². The summed E-state index contributed by atoms with van der Waals surface area (Å²) < 4.78 is 4.71. The monoisotopic (exact) mass is 543 g/mol. The number of hydrogen-bond acceptors (Lipinski definition) is 3. The van der Waals surface area contributed by atoms with Gasteiger partial charge in [0.25, 0.3) is 0 Å². The molecule has 0 aliphatic heterocycles. The number of benzene rings is 5. The Morgan fingerprint density at radius 2 is 1.34 bits per heavy atom. The Morgan fingerprint density at radius 1 is 0.610 bits per heavy atom. The third kappa shape index (κ3) is 3.08. The van der Waals surface area contributed by atoms with Gasteiger partial charge in [0.2, 0.25) is 0 Å². The second kappa shape index (κ2) is 8.12. The molecular weight excluding hydrogens is 518 g/mol. The lowest BCUT2D eigenvalue weighted by atomic mass is 9.82. The van der Waals surface area contributed by atoms with Crippen LogP contribution in [0.3, 0.4) is 0 Å². The van der Waals surface area contributed by atoms with E-state index in [1.165, 1.54) is 48.6 Å². The van der Waals surface area contributed by atoms with Crippen LogP contribution in [0.2, 0.25) is 0 Å². The Labute approximate surface area is 241 Å². The van der Waals surface area contributed by atoms with Crippen molar-refractivity contribution < 1.29 is 0 Å². The van der Waals surface area contributed by atoms with Crippen LogP contribution in [-0.2, 0) is 5.41 Å². The summed E-state index contributed by atoms with van der Waals surface area (Å²) in [5.74, 6) is 1.68. The number of aromatic nitrogens is 3. The number of thiophene rings is 1. The highest BCUT2D eigenvalue weighted by Gasteiger charge is 2.36. The summed E-state index contributed by atoms with van der Waals surface area (Å²) in [7, 11) is 0. The van der Waals surface area contributed by atoms with Gasteiger partial charge in [0.1, 0.15) is 0 Å². The first-order valence-corrected chi connectivity index (χ1v) is 14.8. The standard InChI is InChI=1S/C37H25N3S/c1-37(2)28-17-9-6-14-23(28)26-21-31-27(20-29(26)37)24-15-7-10-18-30(24)40(31)36-34-33(25-16-8-11-19-32(25)41-34)38-35(39-36)22-12-4-3-5-13-22/h3-21H,1-2H3. The van der Waals surface area contributed by atoms with Gasteiger partial charge in [0.15, 0.2) is 11.6 Å². The SMILES string of the molecule is CC1(C)c2ccccc2-c2cc3c(cc21)c1ccccc1n3-c1nc(-c2ccccc2)nc2c1sc1ccccc12. The summed E-state index contributed by atoms with van der Waals surface area (Å²) in [6.45, 7) is 4.69. The minimum absolute atomic E-state index is 0.0581. The number of nitrogens with zero attached hydrogens (tertiary/aromatic N) is 3. The van der Waals surface area contributed by atoms with Crippen LogP contribution in [0.1, 0.15) is 25.0 Å². The molecule has 8 aromatic rings. The Kier molecular flexibility index (Phi) is 4.55. The molecule has 41 heavy (non-hydrogen) atoms. The quantitative estimate of drug-likeness (QED) is 0.217.